The Morgan fingerprint density at radius 3 is 2.69 bits per heavy atom. The monoisotopic (exact) mass is 224 g/mol. The molecule has 1 aromatic rings. The standard InChI is InChI=1S/C13H21FN2/c1-4-13(2,3)9-16-8-10-6-5-7-11(14)12(10)15/h5-7,16H,4,8-9,15H2,1-3H3. The van der Waals surface area contributed by atoms with Crippen LogP contribution in [0, 0.1) is 11.2 Å². The Hall–Kier alpha value is -1.09. The van der Waals surface area contributed by atoms with Crippen molar-refractivity contribution in [1.29, 1.82) is 0 Å². The van der Waals surface area contributed by atoms with Crippen LogP contribution < -0.4 is 11.1 Å². The van der Waals surface area contributed by atoms with Crippen molar-refractivity contribution in [3.05, 3.63) is 29.6 Å². The van der Waals surface area contributed by atoms with Crippen molar-refractivity contribution in [1.82, 2.24) is 5.32 Å². The van der Waals surface area contributed by atoms with Crippen molar-refractivity contribution in [2.45, 2.75) is 33.7 Å². The number of benzene rings is 1. The molecule has 0 aliphatic rings. The molecule has 0 radical (unpaired) electrons. The maximum absolute atomic E-state index is 13.2. The lowest BCUT2D eigenvalue weighted by Gasteiger charge is -2.23. The average Bonchev–Trinajstić information content (AvgIpc) is 2.24. The zero-order chi connectivity index (χ0) is 12.2. The molecule has 3 heteroatoms. The van der Waals surface area contributed by atoms with Crippen molar-refractivity contribution < 1.29 is 4.39 Å². The molecule has 0 fully saturated rings. The molecule has 0 atom stereocenters. The summed E-state index contributed by atoms with van der Waals surface area (Å²) in [5.74, 6) is -0.339. The van der Waals surface area contributed by atoms with Crippen molar-refractivity contribution >= 4 is 5.69 Å². The van der Waals surface area contributed by atoms with E-state index in [4.69, 9.17) is 5.73 Å². The number of halogens is 1. The lowest BCUT2D eigenvalue weighted by molar-refractivity contribution is 0.327. The molecule has 0 aromatic heterocycles. The average molecular weight is 224 g/mol. The Balaban J connectivity index is 2.53. The summed E-state index contributed by atoms with van der Waals surface area (Å²) in [5, 5.41) is 3.31. The van der Waals surface area contributed by atoms with E-state index in [0.29, 0.717) is 6.54 Å². The van der Waals surface area contributed by atoms with Crippen LogP contribution in [0.1, 0.15) is 32.8 Å². The van der Waals surface area contributed by atoms with Gasteiger partial charge in [-0.25, -0.2) is 4.39 Å². The van der Waals surface area contributed by atoms with E-state index in [9.17, 15) is 4.39 Å². The molecule has 0 amide bonds. The van der Waals surface area contributed by atoms with Crippen molar-refractivity contribution in [2.75, 3.05) is 12.3 Å². The second-order valence-corrected chi connectivity index (χ2v) is 4.93. The first-order chi connectivity index (χ1) is 7.46. The number of para-hydroxylation sites is 1. The molecule has 16 heavy (non-hydrogen) atoms. The van der Waals surface area contributed by atoms with E-state index in [1.54, 1.807) is 6.07 Å². The van der Waals surface area contributed by atoms with Crippen LogP contribution in [-0.4, -0.2) is 6.54 Å². The molecule has 1 rings (SSSR count). The summed E-state index contributed by atoms with van der Waals surface area (Å²) in [5.41, 5.74) is 7.00. The highest BCUT2D eigenvalue weighted by molar-refractivity contribution is 5.47. The molecule has 0 heterocycles. The third kappa shape index (κ3) is 3.49. The first-order valence-corrected chi connectivity index (χ1v) is 5.70. The Labute approximate surface area is 97.0 Å². The number of nitrogens with two attached hydrogens (primary N) is 1. The molecule has 0 aliphatic heterocycles. The van der Waals surface area contributed by atoms with Crippen LogP contribution in [-0.2, 0) is 6.54 Å². The topological polar surface area (TPSA) is 38.0 Å². The van der Waals surface area contributed by atoms with Gasteiger partial charge in [0, 0.05) is 13.1 Å². The number of hydrogen-bond donors (Lipinski definition) is 2. The van der Waals surface area contributed by atoms with Crippen LogP contribution in [0.3, 0.4) is 0 Å². The molecule has 0 saturated heterocycles. The van der Waals surface area contributed by atoms with Crippen LogP contribution >= 0.6 is 0 Å². The fraction of sp³-hybridized carbons (Fsp3) is 0.538. The number of rotatable bonds is 5. The lowest BCUT2D eigenvalue weighted by atomic mass is 9.90. The van der Waals surface area contributed by atoms with Crippen molar-refractivity contribution in [2.24, 2.45) is 5.41 Å². The van der Waals surface area contributed by atoms with Gasteiger partial charge in [0.1, 0.15) is 5.82 Å². The Kier molecular flexibility index (Phi) is 4.30. The molecular formula is C13H21FN2. The summed E-state index contributed by atoms with van der Waals surface area (Å²) in [4.78, 5) is 0. The highest BCUT2D eigenvalue weighted by Crippen LogP contribution is 2.19. The smallest absolute Gasteiger partial charge is 0.146 e. The third-order valence-corrected chi connectivity index (χ3v) is 3.02. The second-order valence-electron chi connectivity index (χ2n) is 4.93. The van der Waals surface area contributed by atoms with Gasteiger partial charge in [-0.3, -0.25) is 0 Å². The molecule has 3 N–H and O–H groups in total. The summed E-state index contributed by atoms with van der Waals surface area (Å²) in [6, 6.07) is 4.92. The van der Waals surface area contributed by atoms with Crippen LogP contribution in [0.4, 0.5) is 10.1 Å². The molecular weight excluding hydrogens is 203 g/mol. The highest BCUT2D eigenvalue weighted by Gasteiger charge is 2.14. The maximum Gasteiger partial charge on any atom is 0.146 e. The van der Waals surface area contributed by atoms with E-state index in [-0.39, 0.29) is 16.9 Å². The van der Waals surface area contributed by atoms with Crippen LogP contribution in [0.15, 0.2) is 18.2 Å². The van der Waals surface area contributed by atoms with Gasteiger partial charge in [0.25, 0.3) is 0 Å². The predicted molar refractivity (Wildman–Crippen MR) is 66.6 cm³/mol. The van der Waals surface area contributed by atoms with E-state index in [1.165, 1.54) is 6.07 Å². The first-order valence-electron chi connectivity index (χ1n) is 5.70. The van der Waals surface area contributed by atoms with Crippen molar-refractivity contribution in [3.63, 3.8) is 0 Å². The van der Waals surface area contributed by atoms with Crippen LogP contribution in [0.5, 0.6) is 0 Å². The number of anilines is 1. The summed E-state index contributed by atoms with van der Waals surface area (Å²) in [6.45, 7) is 8.09. The fourth-order valence-corrected chi connectivity index (χ4v) is 1.40. The van der Waals surface area contributed by atoms with Gasteiger partial charge in [-0.1, -0.05) is 32.9 Å². The van der Waals surface area contributed by atoms with Gasteiger partial charge in [0.05, 0.1) is 5.69 Å². The molecule has 0 saturated carbocycles. The minimum absolute atomic E-state index is 0.254. The zero-order valence-corrected chi connectivity index (χ0v) is 10.3. The molecule has 0 unspecified atom stereocenters. The van der Waals surface area contributed by atoms with Gasteiger partial charge in [-0.15, -0.1) is 0 Å². The van der Waals surface area contributed by atoms with Gasteiger partial charge in [-0.05, 0) is 23.5 Å². The minimum Gasteiger partial charge on any atom is -0.396 e. The Morgan fingerprint density at radius 1 is 1.38 bits per heavy atom. The Bertz CT molecular complexity index is 348. The predicted octanol–water partition coefficient (Wildman–Crippen LogP) is 2.93. The highest BCUT2D eigenvalue weighted by atomic mass is 19.1. The van der Waals surface area contributed by atoms with E-state index in [1.807, 2.05) is 6.07 Å². The van der Waals surface area contributed by atoms with Gasteiger partial charge in [0.15, 0.2) is 0 Å². The quantitative estimate of drug-likeness (QED) is 0.755. The molecule has 0 aliphatic carbocycles. The summed E-state index contributed by atoms with van der Waals surface area (Å²) in [6.07, 6.45) is 1.11. The van der Waals surface area contributed by atoms with E-state index < -0.39 is 0 Å². The van der Waals surface area contributed by atoms with Gasteiger partial charge in [-0.2, -0.15) is 0 Å². The summed E-state index contributed by atoms with van der Waals surface area (Å²) in [7, 11) is 0. The first kappa shape index (κ1) is 13.0. The van der Waals surface area contributed by atoms with E-state index in [2.05, 4.69) is 26.1 Å². The van der Waals surface area contributed by atoms with Gasteiger partial charge >= 0.3 is 0 Å². The van der Waals surface area contributed by atoms with Crippen LogP contribution in [0.25, 0.3) is 0 Å². The molecule has 0 spiro atoms. The third-order valence-electron chi connectivity index (χ3n) is 3.02. The second kappa shape index (κ2) is 5.30. The van der Waals surface area contributed by atoms with Gasteiger partial charge < -0.3 is 11.1 Å². The number of nitrogens with one attached hydrogen (secondary N) is 1. The van der Waals surface area contributed by atoms with Gasteiger partial charge in [0.2, 0.25) is 0 Å². The summed E-state index contributed by atoms with van der Waals surface area (Å²) < 4.78 is 13.2. The molecule has 1 aromatic carbocycles. The SMILES string of the molecule is CCC(C)(C)CNCc1cccc(F)c1N. The van der Waals surface area contributed by atoms with E-state index >= 15 is 0 Å². The number of hydrogen-bond acceptors (Lipinski definition) is 2. The maximum atomic E-state index is 13.2. The number of nitrogen functional groups attached to an aromatic ring is 1. The normalized spacial score (nSPS) is 11.8. The zero-order valence-electron chi connectivity index (χ0n) is 10.3. The fourth-order valence-electron chi connectivity index (χ4n) is 1.40. The van der Waals surface area contributed by atoms with E-state index in [0.717, 1.165) is 18.5 Å². The lowest BCUT2D eigenvalue weighted by Crippen LogP contribution is -2.28. The minimum atomic E-state index is -0.339. The Morgan fingerprint density at radius 2 is 2.06 bits per heavy atom. The molecule has 90 valence electrons. The molecule has 2 nitrogen and oxygen atoms in total. The van der Waals surface area contributed by atoms with Crippen molar-refractivity contribution in [3.8, 4) is 0 Å². The van der Waals surface area contributed by atoms with Crippen LogP contribution in [0.2, 0.25) is 0 Å². The summed E-state index contributed by atoms with van der Waals surface area (Å²) >= 11 is 0. The largest absolute Gasteiger partial charge is 0.396 e. The molecule has 0 bridgehead atoms.